The van der Waals surface area contributed by atoms with Crippen molar-refractivity contribution >= 4 is 31.5 Å². The topological polar surface area (TPSA) is 38.7 Å². The highest BCUT2D eigenvalue weighted by Crippen LogP contribution is 2.40. The van der Waals surface area contributed by atoms with E-state index in [2.05, 4.69) is 188 Å². The maximum absolute atomic E-state index is 5.17. The van der Waals surface area contributed by atoms with Crippen LogP contribution < -0.4 is 0 Å². The van der Waals surface area contributed by atoms with Gasteiger partial charge in [0.1, 0.15) is 0 Å². The quantitative estimate of drug-likeness (QED) is 0.165. The Morgan fingerprint density at radius 1 is 0.273 bits per heavy atom. The van der Waals surface area contributed by atoms with Crippen molar-refractivity contribution in [2.24, 2.45) is 0 Å². The fourth-order valence-corrected chi connectivity index (χ4v) is 8.57. The Bertz CT molecular complexity index is 2950. The molecule has 0 fully saturated rings. The van der Waals surface area contributed by atoms with E-state index < -0.39 is 0 Å². The Morgan fingerprint density at radius 3 is 1.29 bits per heavy atom. The van der Waals surface area contributed by atoms with Crippen LogP contribution in [0.4, 0.5) is 0 Å². The van der Waals surface area contributed by atoms with E-state index in [1.807, 2.05) is 23.5 Å². The summed E-state index contributed by atoms with van der Waals surface area (Å²) in [6, 6.07) is 70.4. The van der Waals surface area contributed by atoms with Crippen molar-refractivity contribution < 1.29 is 0 Å². The first-order chi connectivity index (χ1) is 27.2. The molecular formula is C51H33N3S. The highest BCUT2D eigenvalue weighted by atomic mass is 32.1. The minimum Gasteiger partial charge on any atom is -0.208 e. The van der Waals surface area contributed by atoms with Crippen molar-refractivity contribution in [2.45, 2.75) is 0 Å². The molecule has 0 amide bonds. The second kappa shape index (κ2) is 14.1. The number of fused-ring (bicyclic) bond motifs is 3. The molecule has 0 N–H and O–H groups in total. The number of thiophene rings is 1. The molecule has 4 heteroatoms. The van der Waals surface area contributed by atoms with Gasteiger partial charge in [-0.2, -0.15) is 0 Å². The third kappa shape index (κ3) is 6.39. The van der Waals surface area contributed by atoms with Gasteiger partial charge in [0.25, 0.3) is 0 Å². The third-order valence-corrected chi connectivity index (χ3v) is 11.4. The van der Waals surface area contributed by atoms with Gasteiger partial charge < -0.3 is 0 Å². The van der Waals surface area contributed by atoms with Crippen molar-refractivity contribution in [3.63, 3.8) is 0 Å². The SMILES string of the molecule is c1ccc(-c2ccc(-c3cccc(-c4nc(-c5ccc(-c6ccccc6)cc5)nc(-c5cccc(-c6cccc7c6sc6ccccc67)c5)n4)c3)cc2)cc1. The zero-order valence-electron chi connectivity index (χ0n) is 29.8. The van der Waals surface area contributed by atoms with Gasteiger partial charge in [-0.3, -0.25) is 0 Å². The first kappa shape index (κ1) is 32.6. The summed E-state index contributed by atoms with van der Waals surface area (Å²) in [6.07, 6.45) is 0. The molecule has 0 aliphatic rings. The molecule has 0 aliphatic carbocycles. The maximum atomic E-state index is 5.17. The molecular weight excluding hydrogens is 687 g/mol. The van der Waals surface area contributed by atoms with Crippen molar-refractivity contribution in [3.05, 3.63) is 200 Å². The van der Waals surface area contributed by atoms with Gasteiger partial charge >= 0.3 is 0 Å². The Hall–Kier alpha value is -7.01. The minimum atomic E-state index is 0.631. The van der Waals surface area contributed by atoms with E-state index in [1.165, 1.54) is 42.4 Å². The van der Waals surface area contributed by atoms with Crippen LogP contribution in [0, 0.1) is 0 Å². The molecule has 0 aliphatic heterocycles. The van der Waals surface area contributed by atoms with Crippen LogP contribution in [0.25, 0.3) is 98.8 Å². The Kier molecular flexibility index (Phi) is 8.36. The van der Waals surface area contributed by atoms with Crippen LogP contribution >= 0.6 is 11.3 Å². The normalized spacial score (nSPS) is 11.3. The summed E-state index contributed by atoms with van der Waals surface area (Å²) in [5, 5.41) is 2.57. The summed E-state index contributed by atoms with van der Waals surface area (Å²) < 4.78 is 2.57. The summed E-state index contributed by atoms with van der Waals surface area (Å²) in [7, 11) is 0. The predicted octanol–water partition coefficient (Wildman–Crippen LogP) is 13.9. The molecule has 0 unspecified atom stereocenters. The van der Waals surface area contributed by atoms with Gasteiger partial charge in [0.05, 0.1) is 0 Å². The van der Waals surface area contributed by atoms with Crippen molar-refractivity contribution in [2.75, 3.05) is 0 Å². The monoisotopic (exact) mass is 719 g/mol. The summed E-state index contributed by atoms with van der Waals surface area (Å²) in [5.74, 6) is 1.90. The van der Waals surface area contributed by atoms with E-state index >= 15 is 0 Å². The van der Waals surface area contributed by atoms with Crippen molar-refractivity contribution in [1.29, 1.82) is 0 Å². The first-order valence-corrected chi connectivity index (χ1v) is 19.2. The van der Waals surface area contributed by atoms with Crippen molar-refractivity contribution in [3.8, 4) is 78.7 Å². The molecule has 3 nitrogen and oxygen atoms in total. The van der Waals surface area contributed by atoms with Crippen LogP contribution in [-0.2, 0) is 0 Å². The van der Waals surface area contributed by atoms with Gasteiger partial charge in [0.2, 0.25) is 0 Å². The zero-order valence-corrected chi connectivity index (χ0v) is 30.6. The van der Waals surface area contributed by atoms with E-state index in [0.717, 1.165) is 38.9 Å². The molecule has 8 aromatic carbocycles. The lowest BCUT2D eigenvalue weighted by atomic mass is 9.99. The van der Waals surface area contributed by atoms with Gasteiger partial charge in [0, 0.05) is 36.9 Å². The van der Waals surface area contributed by atoms with E-state index in [4.69, 9.17) is 15.0 Å². The van der Waals surface area contributed by atoms with E-state index in [-0.39, 0.29) is 0 Å². The van der Waals surface area contributed by atoms with Crippen LogP contribution in [0.5, 0.6) is 0 Å². The maximum Gasteiger partial charge on any atom is 0.164 e. The Morgan fingerprint density at radius 2 is 0.673 bits per heavy atom. The number of rotatable bonds is 7. The molecule has 258 valence electrons. The van der Waals surface area contributed by atoms with Crippen LogP contribution in [-0.4, -0.2) is 15.0 Å². The molecule has 55 heavy (non-hydrogen) atoms. The summed E-state index contributed by atoms with van der Waals surface area (Å²) in [4.78, 5) is 15.4. The molecule has 10 aromatic rings. The number of benzene rings is 8. The molecule has 2 heterocycles. The standard InChI is InChI=1S/C51H33N3S/c1-3-12-34(13-4-1)36-24-26-38(27-25-36)40-16-9-18-42(32-40)50-52-49(39-30-28-37(29-31-39)35-14-5-2-6-15-35)53-51(54-50)43-19-10-17-41(33-43)44-21-11-22-46-45-20-7-8-23-47(45)55-48(44)46/h1-33H. The first-order valence-electron chi connectivity index (χ1n) is 18.4. The number of hydrogen-bond donors (Lipinski definition) is 0. The number of hydrogen-bond acceptors (Lipinski definition) is 4. The van der Waals surface area contributed by atoms with Crippen LogP contribution in [0.15, 0.2) is 200 Å². The van der Waals surface area contributed by atoms with Crippen LogP contribution in [0.2, 0.25) is 0 Å². The molecule has 0 atom stereocenters. The summed E-state index contributed by atoms with van der Waals surface area (Å²) >= 11 is 1.84. The molecule has 10 rings (SSSR count). The molecule has 0 bridgehead atoms. The van der Waals surface area contributed by atoms with Gasteiger partial charge in [-0.1, -0.05) is 182 Å². The van der Waals surface area contributed by atoms with Crippen LogP contribution in [0.1, 0.15) is 0 Å². The lowest BCUT2D eigenvalue weighted by Crippen LogP contribution is -2.00. The van der Waals surface area contributed by atoms with Gasteiger partial charge in [-0.15, -0.1) is 11.3 Å². The largest absolute Gasteiger partial charge is 0.208 e. The molecule has 0 radical (unpaired) electrons. The average molecular weight is 720 g/mol. The summed E-state index contributed by atoms with van der Waals surface area (Å²) in [6.45, 7) is 0. The molecule has 2 aromatic heterocycles. The molecule has 0 saturated heterocycles. The van der Waals surface area contributed by atoms with Gasteiger partial charge in [-0.05, 0) is 62.7 Å². The third-order valence-electron chi connectivity index (χ3n) is 10.2. The zero-order chi connectivity index (χ0) is 36.6. The Labute approximate surface area is 323 Å². The molecule has 0 spiro atoms. The van der Waals surface area contributed by atoms with Gasteiger partial charge in [0.15, 0.2) is 17.5 Å². The lowest BCUT2D eigenvalue weighted by molar-refractivity contribution is 1.07. The Balaban J connectivity index is 1.07. The smallest absolute Gasteiger partial charge is 0.164 e. The average Bonchev–Trinajstić information content (AvgIpc) is 3.66. The lowest BCUT2D eigenvalue weighted by Gasteiger charge is -2.11. The highest BCUT2D eigenvalue weighted by Gasteiger charge is 2.16. The van der Waals surface area contributed by atoms with Gasteiger partial charge in [-0.25, -0.2) is 15.0 Å². The minimum absolute atomic E-state index is 0.631. The van der Waals surface area contributed by atoms with Crippen LogP contribution in [0.3, 0.4) is 0 Å². The number of nitrogens with zero attached hydrogens (tertiary/aromatic N) is 3. The van der Waals surface area contributed by atoms with Crippen molar-refractivity contribution in [1.82, 2.24) is 15.0 Å². The van der Waals surface area contributed by atoms with E-state index in [9.17, 15) is 0 Å². The highest BCUT2D eigenvalue weighted by molar-refractivity contribution is 7.26. The molecule has 0 saturated carbocycles. The van der Waals surface area contributed by atoms with E-state index in [1.54, 1.807) is 0 Å². The number of aromatic nitrogens is 3. The second-order valence-electron chi connectivity index (χ2n) is 13.6. The fourth-order valence-electron chi connectivity index (χ4n) is 7.33. The summed E-state index contributed by atoms with van der Waals surface area (Å²) in [5.41, 5.74) is 12.1. The second-order valence-corrected chi connectivity index (χ2v) is 14.7. The fraction of sp³-hybridized carbons (Fsp3) is 0. The predicted molar refractivity (Wildman–Crippen MR) is 231 cm³/mol. The van der Waals surface area contributed by atoms with E-state index in [0.29, 0.717) is 17.5 Å².